The maximum atomic E-state index is 4.13. The second-order valence-electron chi connectivity index (χ2n) is 5.12. The van der Waals surface area contributed by atoms with Crippen LogP contribution in [-0.4, -0.2) is 71.4 Å². The van der Waals surface area contributed by atoms with Gasteiger partial charge in [0.05, 0.1) is 6.54 Å². The van der Waals surface area contributed by atoms with Crippen LogP contribution in [0.25, 0.3) is 0 Å². The highest BCUT2D eigenvalue weighted by atomic mass is 15.3. The molecule has 0 saturated heterocycles. The molecule has 18 heavy (non-hydrogen) atoms. The molecular weight excluding hydrogens is 228 g/mol. The Morgan fingerprint density at radius 3 is 3.06 bits per heavy atom. The van der Waals surface area contributed by atoms with E-state index in [1.165, 1.54) is 6.42 Å². The van der Waals surface area contributed by atoms with Crippen LogP contribution in [0.3, 0.4) is 0 Å². The Morgan fingerprint density at radius 1 is 1.33 bits per heavy atom. The molecule has 0 spiro atoms. The molecule has 1 aliphatic rings. The molecule has 0 fully saturated rings. The predicted molar refractivity (Wildman–Crippen MR) is 71.3 cm³/mol. The molecule has 0 aliphatic carbocycles. The van der Waals surface area contributed by atoms with Gasteiger partial charge in [-0.3, -0.25) is 4.90 Å². The van der Waals surface area contributed by atoms with E-state index in [-0.39, 0.29) is 0 Å². The largest absolute Gasteiger partial charge is 0.315 e. The molecule has 0 bridgehead atoms. The molecule has 1 aliphatic heterocycles. The first kappa shape index (κ1) is 13.5. The van der Waals surface area contributed by atoms with Crippen molar-refractivity contribution in [3.8, 4) is 0 Å². The van der Waals surface area contributed by atoms with Gasteiger partial charge >= 0.3 is 0 Å². The fourth-order valence-corrected chi connectivity index (χ4v) is 2.19. The Kier molecular flexibility index (Phi) is 5.10. The van der Waals surface area contributed by atoms with Crippen molar-refractivity contribution in [1.82, 2.24) is 29.9 Å². The molecule has 2 rings (SSSR count). The Labute approximate surface area is 109 Å². The lowest BCUT2D eigenvalue weighted by Crippen LogP contribution is -2.38. The van der Waals surface area contributed by atoms with Crippen molar-refractivity contribution in [2.75, 3.05) is 46.8 Å². The van der Waals surface area contributed by atoms with E-state index in [1.807, 2.05) is 6.33 Å². The average Bonchev–Trinajstić information content (AvgIpc) is 2.80. The third-order valence-electron chi connectivity index (χ3n) is 3.28. The Balaban J connectivity index is 1.56. The fourth-order valence-electron chi connectivity index (χ4n) is 2.19. The van der Waals surface area contributed by atoms with Gasteiger partial charge in [-0.05, 0) is 33.6 Å². The molecule has 1 aromatic heterocycles. The Bertz CT molecular complexity index is 348. The summed E-state index contributed by atoms with van der Waals surface area (Å²) in [6.07, 6.45) is 3.04. The van der Waals surface area contributed by atoms with Gasteiger partial charge in [-0.1, -0.05) is 0 Å². The standard InChI is InChI=1S/C12H24N6/c1-16(2)6-3-4-13-5-7-17-8-9-18-11-14-15-12(18)10-17/h11,13H,3-10H2,1-2H3. The van der Waals surface area contributed by atoms with Gasteiger partial charge in [-0.2, -0.15) is 0 Å². The number of rotatable bonds is 7. The number of fused-ring (bicyclic) bond motifs is 1. The number of nitrogens with zero attached hydrogens (tertiary/aromatic N) is 5. The molecule has 6 nitrogen and oxygen atoms in total. The molecule has 1 N–H and O–H groups in total. The van der Waals surface area contributed by atoms with Crippen molar-refractivity contribution in [2.24, 2.45) is 0 Å². The highest BCUT2D eigenvalue weighted by Crippen LogP contribution is 2.07. The van der Waals surface area contributed by atoms with Crippen LogP contribution >= 0.6 is 0 Å². The lowest BCUT2D eigenvalue weighted by atomic mass is 10.3. The van der Waals surface area contributed by atoms with Crippen molar-refractivity contribution in [2.45, 2.75) is 19.5 Å². The van der Waals surface area contributed by atoms with Crippen molar-refractivity contribution in [1.29, 1.82) is 0 Å². The van der Waals surface area contributed by atoms with Gasteiger partial charge in [0.15, 0.2) is 0 Å². The van der Waals surface area contributed by atoms with Crippen LogP contribution in [0.4, 0.5) is 0 Å². The maximum absolute atomic E-state index is 4.13. The zero-order valence-electron chi connectivity index (χ0n) is 11.5. The third kappa shape index (κ3) is 4.04. The molecule has 0 radical (unpaired) electrons. The van der Waals surface area contributed by atoms with Crippen molar-refractivity contribution >= 4 is 0 Å². The van der Waals surface area contributed by atoms with Gasteiger partial charge in [0.1, 0.15) is 12.2 Å². The topological polar surface area (TPSA) is 49.2 Å². The SMILES string of the molecule is CN(C)CCCNCCN1CCn2cnnc2C1. The van der Waals surface area contributed by atoms with E-state index in [9.17, 15) is 0 Å². The molecule has 2 heterocycles. The molecule has 0 unspecified atom stereocenters. The first-order chi connectivity index (χ1) is 8.75. The molecule has 0 aromatic carbocycles. The summed E-state index contributed by atoms with van der Waals surface area (Å²) in [5, 5.41) is 11.6. The molecule has 0 saturated carbocycles. The molecule has 0 amide bonds. The minimum atomic E-state index is 0.930. The van der Waals surface area contributed by atoms with E-state index in [0.717, 1.165) is 51.6 Å². The van der Waals surface area contributed by atoms with E-state index >= 15 is 0 Å². The smallest absolute Gasteiger partial charge is 0.147 e. The zero-order chi connectivity index (χ0) is 12.8. The molecule has 6 heteroatoms. The summed E-state index contributed by atoms with van der Waals surface area (Å²) in [4.78, 5) is 4.65. The Morgan fingerprint density at radius 2 is 2.22 bits per heavy atom. The second kappa shape index (κ2) is 6.82. The van der Waals surface area contributed by atoms with Crippen LogP contribution < -0.4 is 5.32 Å². The minimum absolute atomic E-state index is 0.930. The minimum Gasteiger partial charge on any atom is -0.315 e. The van der Waals surface area contributed by atoms with Gasteiger partial charge in [0, 0.05) is 26.2 Å². The predicted octanol–water partition coefficient (Wildman–Crippen LogP) is -0.365. The summed E-state index contributed by atoms with van der Waals surface area (Å²) in [5.41, 5.74) is 0. The molecule has 102 valence electrons. The maximum Gasteiger partial charge on any atom is 0.147 e. The summed E-state index contributed by atoms with van der Waals surface area (Å²) in [7, 11) is 4.23. The number of aromatic nitrogens is 3. The monoisotopic (exact) mass is 252 g/mol. The summed E-state index contributed by atoms with van der Waals surface area (Å²) in [6.45, 7) is 7.45. The normalized spacial score (nSPS) is 16.2. The van der Waals surface area contributed by atoms with Gasteiger partial charge in [-0.15, -0.1) is 10.2 Å². The van der Waals surface area contributed by atoms with Crippen LogP contribution in [-0.2, 0) is 13.1 Å². The molecule has 1 aromatic rings. The van der Waals surface area contributed by atoms with E-state index in [2.05, 4.69) is 44.0 Å². The van der Waals surface area contributed by atoms with Crippen LogP contribution in [0, 0.1) is 0 Å². The quantitative estimate of drug-likeness (QED) is 0.671. The highest BCUT2D eigenvalue weighted by Gasteiger charge is 2.16. The summed E-state index contributed by atoms with van der Waals surface area (Å²) in [6, 6.07) is 0. The van der Waals surface area contributed by atoms with Crippen molar-refractivity contribution < 1.29 is 0 Å². The first-order valence-corrected chi connectivity index (χ1v) is 6.70. The van der Waals surface area contributed by atoms with Crippen LogP contribution in [0.2, 0.25) is 0 Å². The number of hydrogen-bond donors (Lipinski definition) is 1. The lowest BCUT2D eigenvalue weighted by Gasteiger charge is -2.26. The van der Waals surface area contributed by atoms with E-state index in [4.69, 9.17) is 0 Å². The van der Waals surface area contributed by atoms with Crippen LogP contribution in [0.5, 0.6) is 0 Å². The molecule has 0 atom stereocenters. The lowest BCUT2D eigenvalue weighted by molar-refractivity contribution is 0.217. The number of nitrogens with one attached hydrogen (secondary N) is 1. The average molecular weight is 252 g/mol. The first-order valence-electron chi connectivity index (χ1n) is 6.70. The van der Waals surface area contributed by atoms with E-state index in [0.29, 0.717) is 0 Å². The van der Waals surface area contributed by atoms with Gasteiger partial charge in [0.25, 0.3) is 0 Å². The van der Waals surface area contributed by atoms with Crippen LogP contribution in [0.1, 0.15) is 12.2 Å². The van der Waals surface area contributed by atoms with Crippen molar-refractivity contribution in [3.05, 3.63) is 12.2 Å². The van der Waals surface area contributed by atoms with Gasteiger partial charge < -0.3 is 14.8 Å². The third-order valence-corrected chi connectivity index (χ3v) is 3.28. The van der Waals surface area contributed by atoms with Crippen LogP contribution in [0.15, 0.2) is 6.33 Å². The van der Waals surface area contributed by atoms with E-state index < -0.39 is 0 Å². The van der Waals surface area contributed by atoms with Gasteiger partial charge in [-0.25, -0.2) is 0 Å². The highest BCUT2D eigenvalue weighted by molar-refractivity contribution is 4.89. The Hall–Kier alpha value is -0.980. The fraction of sp³-hybridized carbons (Fsp3) is 0.833. The summed E-state index contributed by atoms with van der Waals surface area (Å²) >= 11 is 0. The number of hydrogen-bond acceptors (Lipinski definition) is 5. The summed E-state index contributed by atoms with van der Waals surface area (Å²) in [5.74, 6) is 1.09. The summed E-state index contributed by atoms with van der Waals surface area (Å²) < 4.78 is 2.14. The molecular formula is C12H24N6. The van der Waals surface area contributed by atoms with Gasteiger partial charge in [0.2, 0.25) is 0 Å². The zero-order valence-corrected chi connectivity index (χ0v) is 11.5. The second-order valence-corrected chi connectivity index (χ2v) is 5.12. The van der Waals surface area contributed by atoms with E-state index in [1.54, 1.807) is 0 Å². The van der Waals surface area contributed by atoms with Crippen molar-refractivity contribution in [3.63, 3.8) is 0 Å².